The van der Waals surface area contributed by atoms with Gasteiger partial charge in [-0.1, -0.05) is 0 Å². The van der Waals surface area contributed by atoms with Gasteiger partial charge >= 0.3 is 12.1 Å². The van der Waals surface area contributed by atoms with E-state index in [9.17, 15) is 9.59 Å². The Kier molecular flexibility index (Phi) is 5.69. The first-order valence-electron chi connectivity index (χ1n) is 4.61. The molecule has 2 N–H and O–H groups in total. The minimum absolute atomic E-state index is 0.294. The third-order valence-electron chi connectivity index (χ3n) is 1.72. The van der Waals surface area contributed by atoms with Crippen LogP contribution in [0.15, 0.2) is 0 Å². The van der Waals surface area contributed by atoms with Gasteiger partial charge in [0.1, 0.15) is 0 Å². The molecule has 0 radical (unpaired) electrons. The van der Waals surface area contributed by atoms with E-state index in [4.69, 9.17) is 14.6 Å². The Labute approximate surface area is 88.6 Å². The second kappa shape index (κ2) is 6.23. The molecule has 6 nitrogen and oxygen atoms in total. The highest BCUT2D eigenvalue weighted by Crippen LogP contribution is 1.99. The first-order chi connectivity index (χ1) is 6.88. The molecular formula is C9H17NO5. The van der Waals surface area contributed by atoms with Crippen LogP contribution >= 0.6 is 0 Å². The Hall–Kier alpha value is -1.30. The zero-order chi connectivity index (χ0) is 12.0. The SMILES string of the molecule is CO[C@H](C)[C@H](NC(=O)OC(C)C)C(=O)O. The number of rotatable bonds is 5. The fraction of sp³-hybridized carbons (Fsp3) is 0.778. The maximum absolute atomic E-state index is 11.1. The van der Waals surface area contributed by atoms with Crippen LogP contribution in [0.25, 0.3) is 0 Å². The lowest BCUT2D eigenvalue weighted by molar-refractivity contribution is -0.142. The van der Waals surface area contributed by atoms with Gasteiger partial charge in [0, 0.05) is 7.11 Å². The quantitative estimate of drug-likeness (QED) is 0.707. The van der Waals surface area contributed by atoms with Crippen LogP contribution in [-0.4, -0.2) is 42.5 Å². The number of alkyl carbamates (subject to hydrolysis) is 1. The number of aliphatic carboxylic acids is 1. The molecule has 0 bridgehead atoms. The van der Waals surface area contributed by atoms with Gasteiger partial charge in [0.05, 0.1) is 12.2 Å². The number of carbonyl (C=O) groups is 2. The van der Waals surface area contributed by atoms with Crippen LogP contribution in [0.4, 0.5) is 4.79 Å². The van der Waals surface area contributed by atoms with Gasteiger partial charge in [0.25, 0.3) is 0 Å². The summed E-state index contributed by atoms with van der Waals surface area (Å²) in [5, 5.41) is 11.0. The second-order valence-electron chi connectivity index (χ2n) is 3.36. The fourth-order valence-corrected chi connectivity index (χ4v) is 0.891. The van der Waals surface area contributed by atoms with Gasteiger partial charge in [0.2, 0.25) is 0 Å². The zero-order valence-corrected chi connectivity index (χ0v) is 9.31. The highest BCUT2D eigenvalue weighted by molar-refractivity contribution is 5.80. The van der Waals surface area contributed by atoms with Crippen LogP contribution in [0.3, 0.4) is 0 Å². The number of methoxy groups -OCH3 is 1. The summed E-state index contributed by atoms with van der Waals surface area (Å²) >= 11 is 0. The Morgan fingerprint density at radius 1 is 1.27 bits per heavy atom. The van der Waals surface area contributed by atoms with Crippen molar-refractivity contribution in [2.45, 2.75) is 39.0 Å². The number of hydrogen-bond donors (Lipinski definition) is 2. The summed E-state index contributed by atoms with van der Waals surface area (Å²) in [4.78, 5) is 21.9. The normalized spacial score (nSPS) is 14.5. The molecule has 0 spiro atoms. The van der Waals surface area contributed by atoms with Crippen molar-refractivity contribution in [2.24, 2.45) is 0 Å². The first kappa shape index (κ1) is 13.7. The van der Waals surface area contributed by atoms with E-state index in [1.807, 2.05) is 0 Å². The summed E-state index contributed by atoms with van der Waals surface area (Å²) in [6, 6.07) is -1.11. The Morgan fingerprint density at radius 2 is 1.80 bits per heavy atom. The highest BCUT2D eigenvalue weighted by Gasteiger charge is 2.27. The minimum Gasteiger partial charge on any atom is -0.480 e. The topological polar surface area (TPSA) is 84.9 Å². The molecule has 88 valence electrons. The molecule has 0 aromatic heterocycles. The molecule has 0 fully saturated rings. The molecule has 6 heteroatoms. The summed E-state index contributed by atoms with van der Waals surface area (Å²) in [5.41, 5.74) is 0. The van der Waals surface area contributed by atoms with E-state index in [0.29, 0.717) is 0 Å². The number of ether oxygens (including phenoxy) is 2. The van der Waals surface area contributed by atoms with Crippen molar-refractivity contribution in [3.63, 3.8) is 0 Å². The third-order valence-corrected chi connectivity index (χ3v) is 1.72. The lowest BCUT2D eigenvalue weighted by atomic mass is 10.2. The molecule has 2 atom stereocenters. The van der Waals surface area contributed by atoms with Crippen molar-refractivity contribution in [1.82, 2.24) is 5.32 Å². The van der Waals surface area contributed by atoms with Crippen LogP contribution in [0.5, 0.6) is 0 Å². The predicted molar refractivity (Wildman–Crippen MR) is 52.6 cm³/mol. The Morgan fingerprint density at radius 3 is 2.13 bits per heavy atom. The monoisotopic (exact) mass is 219 g/mol. The third kappa shape index (κ3) is 5.21. The van der Waals surface area contributed by atoms with Crippen molar-refractivity contribution >= 4 is 12.1 Å². The standard InChI is InChI=1S/C9H17NO5/c1-5(2)15-9(13)10-7(8(11)12)6(3)14-4/h5-7H,1-4H3,(H,10,13)(H,11,12)/t6-,7+/m1/s1. The summed E-state index contributed by atoms with van der Waals surface area (Å²) in [5.74, 6) is -1.16. The van der Waals surface area contributed by atoms with E-state index < -0.39 is 24.2 Å². The lowest BCUT2D eigenvalue weighted by Crippen LogP contribution is -2.48. The van der Waals surface area contributed by atoms with Gasteiger partial charge in [-0.2, -0.15) is 0 Å². The number of amides is 1. The molecule has 0 aliphatic carbocycles. The molecule has 0 rings (SSSR count). The Balaban J connectivity index is 4.29. The van der Waals surface area contributed by atoms with Gasteiger partial charge in [-0.05, 0) is 20.8 Å². The van der Waals surface area contributed by atoms with Gasteiger partial charge in [-0.25, -0.2) is 9.59 Å². The molecule has 1 amide bonds. The fourth-order valence-electron chi connectivity index (χ4n) is 0.891. The number of carbonyl (C=O) groups excluding carboxylic acids is 1. The van der Waals surface area contributed by atoms with Crippen LogP contribution in [-0.2, 0) is 14.3 Å². The molecule has 0 aliphatic heterocycles. The maximum atomic E-state index is 11.1. The largest absolute Gasteiger partial charge is 0.480 e. The average molecular weight is 219 g/mol. The molecular weight excluding hydrogens is 202 g/mol. The average Bonchev–Trinajstić information content (AvgIpc) is 2.11. The minimum atomic E-state index is -1.16. The summed E-state index contributed by atoms with van der Waals surface area (Å²) in [7, 11) is 1.37. The van der Waals surface area contributed by atoms with E-state index >= 15 is 0 Å². The van der Waals surface area contributed by atoms with E-state index in [1.165, 1.54) is 7.11 Å². The van der Waals surface area contributed by atoms with Crippen LogP contribution in [0.2, 0.25) is 0 Å². The molecule has 0 saturated carbocycles. The molecule has 0 aromatic carbocycles. The van der Waals surface area contributed by atoms with E-state index in [-0.39, 0.29) is 6.10 Å². The van der Waals surface area contributed by atoms with Crippen molar-refractivity contribution in [1.29, 1.82) is 0 Å². The number of carboxylic acids is 1. The smallest absolute Gasteiger partial charge is 0.408 e. The number of carboxylic acid groups (broad SMARTS) is 1. The van der Waals surface area contributed by atoms with Gasteiger partial charge in [-0.3, -0.25) is 0 Å². The molecule has 0 aromatic rings. The predicted octanol–water partition coefficient (Wildman–Crippen LogP) is 0.609. The summed E-state index contributed by atoms with van der Waals surface area (Å²) in [6.07, 6.45) is -1.68. The van der Waals surface area contributed by atoms with E-state index in [0.717, 1.165) is 0 Å². The molecule has 15 heavy (non-hydrogen) atoms. The van der Waals surface area contributed by atoms with Crippen molar-refractivity contribution in [2.75, 3.05) is 7.11 Å². The number of hydrogen-bond acceptors (Lipinski definition) is 4. The van der Waals surface area contributed by atoms with Crippen molar-refractivity contribution < 1.29 is 24.2 Å². The maximum Gasteiger partial charge on any atom is 0.408 e. The van der Waals surface area contributed by atoms with E-state index in [2.05, 4.69) is 5.32 Å². The highest BCUT2D eigenvalue weighted by atomic mass is 16.6. The first-order valence-corrected chi connectivity index (χ1v) is 4.61. The number of nitrogens with one attached hydrogen (secondary N) is 1. The molecule has 0 heterocycles. The van der Waals surface area contributed by atoms with Crippen molar-refractivity contribution in [3.8, 4) is 0 Å². The molecule has 0 saturated heterocycles. The van der Waals surface area contributed by atoms with Gasteiger partial charge in [-0.15, -0.1) is 0 Å². The lowest BCUT2D eigenvalue weighted by Gasteiger charge is -2.20. The van der Waals surface area contributed by atoms with Gasteiger partial charge < -0.3 is 19.9 Å². The zero-order valence-electron chi connectivity index (χ0n) is 9.31. The van der Waals surface area contributed by atoms with Crippen LogP contribution in [0, 0.1) is 0 Å². The summed E-state index contributed by atoms with van der Waals surface area (Å²) < 4.78 is 9.58. The van der Waals surface area contributed by atoms with Crippen LogP contribution in [0.1, 0.15) is 20.8 Å². The molecule has 0 aliphatic rings. The second-order valence-corrected chi connectivity index (χ2v) is 3.36. The van der Waals surface area contributed by atoms with Crippen LogP contribution < -0.4 is 5.32 Å². The molecule has 0 unspecified atom stereocenters. The van der Waals surface area contributed by atoms with E-state index in [1.54, 1.807) is 20.8 Å². The van der Waals surface area contributed by atoms with Gasteiger partial charge in [0.15, 0.2) is 6.04 Å². The Bertz CT molecular complexity index is 229. The van der Waals surface area contributed by atoms with Crippen molar-refractivity contribution in [3.05, 3.63) is 0 Å². The summed E-state index contributed by atoms with van der Waals surface area (Å²) in [6.45, 7) is 4.90.